The SMILES string of the molecule is O=C1CCc2cccc(c2)-c2ccnc(n2)Cc2cc(ccc2Cl)CN2CCC[C@@H]12. The highest BCUT2D eigenvalue weighted by Gasteiger charge is 2.30. The van der Waals surface area contributed by atoms with Crippen LogP contribution in [0.5, 0.6) is 0 Å². The number of nitrogens with zero attached hydrogens (tertiary/aromatic N) is 3. The third-order valence-electron chi connectivity index (χ3n) is 6.17. The lowest BCUT2D eigenvalue weighted by Gasteiger charge is -2.24. The minimum absolute atomic E-state index is 0.0243. The van der Waals surface area contributed by atoms with Crippen LogP contribution in [0.25, 0.3) is 11.3 Å². The standard InChI is InChI=1S/C25H24ClN3O/c26-21-8-6-18-14-20(21)15-25-27-11-10-22(28-25)19-4-1-3-17(13-19)7-9-24(30)23-5-2-12-29(23)16-18/h1,3-4,6,8,10-11,13-14,23H,2,5,7,9,12,15-16H2/t23-/m0/s1. The molecule has 0 N–H and O–H groups in total. The molecule has 0 saturated carbocycles. The number of benzene rings is 2. The van der Waals surface area contributed by atoms with Crippen LogP contribution in [0, 0.1) is 0 Å². The van der Waals surface area contributed by atoms with Crippen molar-refractivity contribution in [3.63, 3.8) is 0 Å². The Morgan fingerprint density at radius 3 is 2.90 bits per heavy atom. The van der Waals surface area contributed by atoms with Crippen molar-refractivity contribution in [1.82, 2.24) is 14.9 Å². The van der Waals surface area contributed by atoms with Crippen molar-refractivity contribution in [3.05, 3.63) is 82.3 Å². The number of halogens is 1. The smallest absolute Gasteiger partial charge is 0.150 e. The fourth-order valence-electron chi connectivity index (χ4n) is 4.61. The number of hydrogen-bond acceptors (Lipinski definition) is 4. The number of carbonyl (C=O) groups is 1. The molecule has 1 saturated heterocycles. The second-order valence-electron chi connectivity index (χ2n) is 8.26. The molecule has 1 atom stereocenters. The Morgan fingerprint density at radius 1 is 1.03 bits per heavy atom. The maximum absolute atomic E-state index is 13.0. The summed E-state index contributed by atoms with van der Waals surface area (Å²) in [5.74, 6) is 1.11. The molecule has 4 nitrogen and oxygen atoms in total. The van der Waals surface area contributed by atoms with E-state index < -0.39 is 0 Å². The molecule has 30 heavy (non-hydrogen) atoms. The summed E-state index contributed by atoms with van der Waals surface area (Å²) >= 11 is 6.51. The first kappa shape index (κ1) is 19.4. The van der Waals surface area contributed by atoms with Crippen molar-refractivity contribution < 1.29 is 4.79 Å². The summed E-state index contributed by atoms with van der Waals surface area (Å²) in [7, 11) is 0. The molecule has 2 aliphatic rings. The Hall–Kier alpha value is -2.56. The average molecular weight is 418 g/mol. The number of rotatable bonds is 0. The molecule has 0 radical (unpaired) electrons. The molecule has 152 valence electrons. The van der Waals surface area contributed by atoms with Gasteiger partial charge in [0, 0.05) is 36.2 Å². The second-order valence-corrected chi connectivity index (χ2v) is 8.66. The summed E-state index contributed by atoms with van der Waals surface area (Å²) in [4.78, 5) is 24.6. The molecule has 5 rings (SSSR count). The molecule has 0 spiro atoms. The van der Waals surface area contributed by atoms with Crippen LogP contribution >= 0.6 is 11.6 Å². The van der Waals surface area contributed by atoms with Gasteiger partial charge in [0.2, 0.25) is 0 Å². The van der Waals surface area contributed by atoms with Crippen molar-refractivity contribution >= 4 is 17.4 Å². The Bertz CT molecular complexity index is 1100. The van der Waals surface area contributed by atoms with E-state index in [9.17, 15) is 4.79 Å². The maximum Gasteiger partial charge on any atom is 0.150 e. The summed E-state index contributed by atoms with van der Waals surface area (Å²) in [5.41, 5.74) is 5.33. The summed E-state index contributed by atoms with van der Waals surface area (Å²) in [6, 6.07) is 16.5. The zero-order valence-corrected chi connectivity index (χ0v) is 17.6. The summed E-state index contributed by atoms with van der Waals surface area (Å²) < 4.78 is 0. The van der Waals surface area contributed by atoms with Crippen LogP contribution in [0.3, 0.4) is 0 Å². The van der Waals surface area contributed by atoms with Crippen LogP contribution in [0.1, 0.15) is 41.8 Å². The third kappa shape index (κ3) is 4.03. The van der Waals surface area contributed by atoms with Crippen molar-refractivity contribution in [2.75, 3.05) is 6.54 Å². The highest BCUT2D eigenvalue weighted by molar-refractivity contribution is 6.31. The van der Waals surface area contributed by atoms with Crippen LogP contribution in [-0.4, -0.2) is 33.2 Å². The third-order valence-corrected chi connectivity index (χ3v) is 6.54. The average Bonchev–Trinajstić information content (AvgIpc) is 3.22. The molecule has 3 aromatic rings. The van der Waals surface area contributed by atoms with E-state index in [2.05, 4.69) is 40.2 Å². The molecular weight excluding hydrogens is 394 g/mol. The minimum Gasteiger partial charge on any atom is -0.298 e. The number of aryl methyl sites for hydroxylation is 1. The van der Waals surface area contributed by atoms with Gasteiger partial charge in [0.25, 0.3) is 0 Å². The fourth-order valence-corrected chi connectivity index (χ4v) is 4.80. The summed E-state index contributed by atoms with van der Waals surface area (Å²) in [6.07, 6.45) is 5.77. The Kier molecular flexibility index (Phi) is 5.36. The Balaban J connectivity index is 1.57. The van der Waals surface area contributed by atoms with Gasteiger partial charge < -0.3 is 0 Å². The zero-order valence-electron chi connectivity index (χ0n) is 16.9. The van der Waals surface area contributed by atoms with Gasteiger partial charge in [-0.1, -0.05) is 41.9 Å². The van der Waals surface area contributed by atoms with Crippen LogP contribution in [0.2, 0.25) is 5.02 Å². The van der Waals surface area contributed by atoms with E-state index in [-0.39, 0.29) is 6.04 Å². The van der Waals surface area contributed by atoms with Gasteiger partial charge in [0.1, 0.15) is 11.6 Å². The fraction of sp³-hybridized carbons (Fsp3) is 0.320. The Labute approximate surface area is 181 Å². The zero-order chi connectivity index (χ0) is 20.5. The number of carbonyl (C=O) groups excluding carboxylic acids is 1. The monoisotopic (exact) mass is 417 g/mol. The molecule has 6 bridgehead atoms. The molecule has 0 unspecified atom stereocenters. The molecule has 3 heterocycles. The summed E-state index contributed by atoms with van der Waals surface area (Å²) in [6.45, 7) is 1.74. The number of hydrogen-bond donors (Lipinski definition) is 0. The van der Waals surface area contributed by atoms with Gasteiger partial charge in [0.15, 0.2) is 0 Å². The van der Waals surface area contributed by atoms with Gasteiger partial charge in [-0.05, 0) is 60.7 Å². The van der Waals surface area contributed by atoms with E-state index >= 15 is 0 Å². The van der Waals surface area contributed by atoms with E-state index in [0.29, 0.717) is 18.6 Å². The molecule has 1 fully saturated rings. The second kappa shape index (κ2) is 8.29. The van der Waals surface area contributed by atoms with Crippen molar-refractivity contribution in [1.29, 1.82) is 0 Å². The minimum atomic E-state index is 0.0243. The van der Waals surface area contributed by atoms with Crippen LogP contribution in [0.15, 0.2) is 54.7 Å². The molecule has 2 aromatic carbocycles. The van der Waals surface area contributed by atoms with Crippen LogP contribution in [-0.2, 0) is 24.2 Å². The highest BCUT2D eigenvalue weighted by atomic mass is 35.5. The van der Waals surface area contributed by atoms with E-state index in [0.717, 1.165) is 60.0 Å². The molecule has 0 amide bonds. The summed E-state index contributed by atoms with van der Waals surface area (Å²) in [5, 5.41) is 0.727. The van der Waals surface area contributed by atoms with Crippen molar-refractivity contribution in [3.8, 4) is 11.3 Å². The highest BCUT2D eigenvalue weighted by Crippen LogP contribution is 2.27. The molecule has 5 heteroatoms. The Morgan fingerprint density at radius 2 is 1.97 bits per heavy atom. The predicted octanol–water partition coefficient (Wildman–Crippen LogP) is 4.87. The number of fused-ring (bicyclic) bond motifs is 8. The van der Waals surface area contributed by atoms with Gasteiger partial charge in [-0.15, -0.1) is 0 Å². The molecule has 0 aliphatic carbocycles. The van der Waals surface area contributed by atoms with Crippen LogP contribution < -0.4 is 0 Å². The van der Waals surface area contributed by atoms with Gasteiger partial charge in [0.05, 0.1) is 11.7 Å². The lowest BCUT2D eigenvalue weighted by atomic mass is 9.99. The largest absolute Gasteiger partial charge is 0.298 e. The molecule has 2 aliphatic heterocycles. The molecule has 1 aromatic heterocycles. The van der Waals surface area contributed by atoms with Gasteiger partial charge in [-0.25, -0.2) is 9.97 Å². The van der Waals surface area contributed by atoms with E-state index in [1.54, 1.807) is 0 Å². The lowest BCUT2D eigenvalue weighted by Crippen LogP contribution is -2.35. The maximum atomic E-state index is 13.0. The van der Waals surface area contributed by atoms with E-state index in [1.165, 1.54) is 11.1 Å². The number of Topliss-reactive ketones (excluding diaryl/α,β-unsaturated/α-hetero) is 1. The predicted molar refractivity (Wildman–Crippen MR) is 118 cm³/mol. The van der Waals surface area contributed by atoms with Gasteiger partial charge in [-0.3, -0.25) is 9.69 Å². The van der Waals surface area contributed by atoms with Crippen molar-refractivity contribution in [2.24, 2.45) is 0 Å². The van der Waals surface area contributed by atoms with E-state index in [1.807, 2.05) is 24.4 Å². The normalized spacial score (nSPS) is 19.5. The first-order valence-corrected chi connectivity index (χ1v) is 11.0. The first-order chi connectivity index (χ1) is 14.7. The van der Waals surface area contributed by atoms with Gasteiger partial charge in [-0.2, -0.15) is 0 Å². The van der Waals surface area contributed by atoms with Crippen molar-refractivity contribution in [2.45, 2.75) is 44.7 Å². The molecular formula is C25H24ClN3O. The lowest BCUT2D eigenvalue weighted by molar-refractivity contribution is -0.123. The number of ketones is 1. The van der Waals surface area contributed by atoms with Gasteiger partial charge >= 0.3 is 0 Å². The topological polar surface area (TPSA) is 46.1 Å². The first-order valence-electron chi connectivity index (χ1n) is 10.6. The van der Waals surface area contributed by atoms with E-state index in [4.69, 9.17) is 16.6 Å². The number of aromatic nitrogens is 2. The quantitative estimate of drug-likeness (QED) is 0.523. The van der Waals surface area contributed by atoms with Crippen LogP contribution in [0.4, 0.5) is 0 Å².